The van der Waals surface area contributed by atoms with E-state index < -0.39 is 5.54 Å². The Morgan fingerprint density at radius 1 is 1.07 bits per heavy atom. The molecule has 0 radical (unpaired) electrons. The molecule has 1 saturated carbocycles. The normalized spacial score (nSPS) is 24.3. The van der Waals surface area contributed by atoms with Crippen molar-refractivity contribution in [3.63, 3.8) is 0 Å². The number of carbonyl (C=O) groups excluding carboxylic acids is 2. The Labute approximate surface area is 179 Å². The molecule has 0 bridgehead atoms. The Morgan fingerprint density at radius 2 is 1.72 bits per heavy atom. The standard InChI is InChI=1S/C22H19Cl2N3O2/c1-26-21(29)27(18-11-16(23)10-17(24)12-18)20(28)22(26)9-3-2-4-19(22)15-7-5-14(13-25)6-8-15/h5-8,10-12,19H,2-4,9H2,1H3/t19-,22+/m0/s1. The SMILES string of the molecule is CN1C(=O)N(c2cc(Cl)cc(Cl)c2)C(=O)[C@]12CCCC[C@H]2c1ccc(C#N)cc1. The Kier molecular flexibility index (Phi) is 5.02. The lowest BCUT2D eigenvalue weighted by Crippen LogP contribution is -2.54. The number of amides is 3. The third kappa shape index (κ3) is 3.08. The zero-order valence-corrected chi connectivity index (χ0v) is 17.4. The molecule has 2 atom stereocenters. The van der Waals surface area contributed by atoms with E-state index in [0.717, 1.165) is 24.8 Å². The number of anilines is 1. The fourth-order valence-corrected chi connectivity index (χ4v) is 5.20. The number of urea groups is 1. The van der Waals surface area contributed by atoms with Crippen molar-refractivity contribution in [1.82, 2.24) is 4.90 Å². The van der Waals surface area contributed by atoms with Gasteiger partial charge in [-0.25, -0.2) is 9.69 Å². The molecule has 0 aromatic heterocycles. The van der Waals surface area contributed by atoms with E-state index in [4.69, 9.17) is 28.5 Å². The Hall–Kier alpha value is -2.55. The van der Waals surface area contributed by atoms with Crippen LogP contribution in [0.15, 0.2) is 42.5 Å². The molecule has 1 heterocycles. The van der Waals surface area contributed by atoms with Gasteiger partial charge < -0.3 is 4.90 Å². The van der Waals surface area contributed by atoms with Gasteiger partial charge in [-0.15, -0.1) is 0 Å². The monoisotopic (exact) mass is 427 g/mol. The minimum Gasteiger partial charge on any atom is -0.312 e. The molecule has 5 nitrogen and oxygen atoms in total. The molecular weight excluding hydrogens is 409 g/mol. The zero-order chi connectivity index (χ0) is 20.8. The second kappa shape index (κ2) is 7.37. The first-order valence-electron chi connectivity index (χ1n) is 9.47. The number of benzene rings is 2. The van der Waals surface area contributed by atoms with E-state index in [1.54, 1.807) is 42.3 Å². The maximum absolute atomic E-state index is 13.8. The second-order valence-electron chi connectivity index (χ2n) is 7.57. The van der Waals surface area contributed by atoms with Gasteiger partial charge in [0.25, 0.3) is 5.91 Å². The Morgan fingerprint density at radius 3 is 2.34 bits per heavy atom. The zero-order valence-electron chi connectivity index (χ0n) is 15.9. The average Bonchev–Trinajstić information content (AvgIpc) is 2.89. The van der Waals surface area contributed by atoms with Crippen LogP contribution in [0.1, 0.15) is 42.7 Å². The van der Waals surface area contributed by atoms with Crippen molar-refractivity contribution in [3.05, 3.63) is 63.6 Å². The van der Waals surface area contributed by atoms with Crippen LogP contribution in [0.4, 0.5) is 10.5 Å². The highest BCUT2D eigenvalue weighted by Crippen LogP contribution is 2.49. The lowest BCUT2D eigenvalue weighted by atomic mass is 9.68. The molecule has 0 unspecified atom stereocenters. The van der Waals surface area contributed by atoms with Gasteiger partial charge in [-0.1, -0.05) is 48.2 Å². The molecule has 4 rings (SSSR count). The summed E-state index contributed by atoms with van der Waals surface area (Å²) < 4.78 is 0. The van der Waals surface area contributed by atoms with Crippen LogP contribution in [0.25, 0.3) is 0 Å². The van der Waals surface area contributed by atoms with Crippen molar-refractivity contribution < 1.29 is 9.59 Å². The predicted octanol–water partition coefficient (Wildman–Crippen LogP) is 5.36. The number of hydrogen-bond donors (Lipinski definition) is 0. The maximum Gasteiger partial charge on any atom is 0.332 e. The number of hydrogen-bond acceptors (Lipinski definition) is 3. The smallest absolute Gasteiger partial charge is 0.312 e. The van der Waals surface area contributed by atoms with Crippen molar-refractivity contribution in [3.8, 4) is 6.07 Å². The largest absolute Gasteiger partial charge is 0.332 e. The fourth-order valence-electron chi connectivity index (χ4n) is 4.69. The van der Waals surface area contributed by atoms with E-state index in [9.17, 15) is 9.59 Å². The summed E-state index contributed by atoms with van der Waals surface area (Å²) >= 11 is 12.2. The molecule has 1 saturated heterocycles. The van der Waals surface area contributed by atoms with E-state index in [2.05, 4.69) is 6.07 Å². The highest BCUT2D eigenvalue weighted by Gasteiger charge is 2.60. The first-order chi connectivity index (χ1) is 13.9. The van der Waals surface area contributed by atoms with E-state index in [0.29, 0.717) is 27.7 Å². The molecule has 7 heteroatoms. The molecule has 148 valence electrons. The molecule has 29 heavy (non-hydrogen) atoms. The summed E-state index contributed by atoms with van der Waals surface area (Å²) in [5, 5.41) is 9.81. The molecule has 3 amide bonds. The van der Waals surface area contributed by atoms with Crippen LogP contribution < -0.4 is 4.90 Å². The molecule has 0 N–H and O–H groups in total. The Balaban J connectivity index is 1.80. The van der Waals surface area contributed by atoms with Gasteiger partial charge in [0, 0.05) is 23.0 Å². The van der Waals surface area contributed by atoms with Crippen LogP contribution in [0, 0.1) is 11.3 Å². The summed E-state index contributed by atoms with van der Waals surface area (Å²) in [6, 6.07) is 13.8. The quantitative estimate of drug-likeness (QED) is 0.605. The van der Waals surface area contributed by atoms with Crippen LogP contribution in [0.2, 0.25) is 10.0 Å². The molecule has 2 aromatic rings. The van der Waals surface area contributed by atoms with Crippen LogP contribution in [0.5, 0.6) is 0 Å². The minimum absolute atomic E-state index is 0.148. The van der Waals surface area contributed by atoms with Crippen LogP contribution >= 0.6 is 23.2 Å². The molecule has 1 aliphatic heterocycles. The molecule has 1 spiro atoms. The van der Waals surface area contributed by atoms with Crippen molar-refractivity contribution in [2.75, 3.05) is 11.9 Å². The molecule has 2 aliphatic rings. The fraction of sp³-hybridized carbons (Fsp3) is 0.318. The van der Waals surface area contributed by atoms with Crippen LogP contribution in [0.3, 0.4) is 0 Å². The first-order valence-corrected chi connectivity index (χ1v) is 10.2. The second-order valence-corrected chi connectivity index (χ2v) is 8.44. The number of carbonyl (C=O) groups is 2. The topological polar surface area (TPSA) is 64.4 Å². The number of halogens is 2. The van der Waals surface area contributed by atoms with E-state index >= 15 is 0 Å². The molecule has 1 aliphatic carbocycles. The lowest BCUT2D eigenvalue weighted by Gasteiger charge is -2.43. The number of nitrogens with zero attached hydrogens (tertiary/aromatic N) is 3. The Bertz CT molecular complexity index is 1010. The van der Waals surface area contributed by atoms with Crippen LogP contribution in [-0.2, 0) is 4.79 Å². The highest BCUT2D eigenvalue weighted by molar-refractivity contribution is 6.35. The van der Waals surface area contributed by atoms with Crippen molar-refractivity contribution in [1.29, 1.82) is 5.26 Å². The van der Waals surface area contributed by atoms with E-state index in [1.807, 2.05) is 12.1 Å². The van der Waals surface area contributed by atoms with Gasteiger partial charge in [-0.3, -0.25) is 4.79 Å². The predicted molar refractivity (Wildman–Crippen MR) is 112 cm³/mol. The average molecular weight is 428 g/mol. The van der Waals surface area contributed by atoms with Gasteiger partial charge in [0.1, 0.15) is 5.54 Å². The van der Waals surface area contributed by atoms with Gasteiger partial charge in [0.05, 0.1) is 17.3 Å². The summed E-state index contributed by atoms with van der Waals surface area (Å²) in [4.78, 5) is 29.7. The summed E-state index contributed by atoms with van der Waals surface area (Å²) in [6.07, 6.45) is 3.22. The molecular formula is C22H19Cl2N3O2. The van der Waals surface area contributed by atoms with Gasteiger partial charge in [-0.2, -0.15) is 5.26 Å². The van der Waals surface area contributed by atoms with Gasteiger partial charge in [-0.05, 0) is 48.7 Å². The summed E-state index contributed by atoms with van der Waals surface area (Å²) in [5.41, 5.74) is 0.946. The number of nitriles is 1. The van der Waals surface area contributed by atoms with Crippen LogP contribution in [-0.4, -0.2) is 29.4 Å². The molecule has 2 fully saturated rings. The third-order valence-corrected chi connectivity index (χ3v) is 6.51. The summed E-state index contributed by atoms with van der Waals surface area (Å²) in [6.45, 7) is 0. The number of imide groups is 1. The van der Waals surface area contributed by atoms with Crippen molar-refractivity contribution >= 4 is 40.8 Å². The maximum atomic E-state index is 13.8. The van der Waals surface area contributed by atoms with Gasteiger partial charge in [0.15, 0.2) is 0 Å². The van der Waals surface area contributed by atoms with E-state index in [1.165, 1.54) is 4.90 Å². The summed E-state index contributed by atoms with van der Waals surface area (Å²) in [7, 11) is 1.69. The molecule has 2 aromatic carbocycles. The van der Waals surface area contributed by atoms with E-state index in [-0.39, 0.29) is 17.9 Å². The van der Waals surface area contributed by atoms with Gasteiger partial charge in [0.2, 0.25) is 0 Å². The highest BCUT2D eigenvalue weighted by atomic mass is 35.5. The van der Waals surface area contributed by atoms with Crippen molar-refractivity contribution in [2.24, 2.45) is 0 Å². The summed E-state index contributed by atoms with van der Waals surface area (Å²) in [5.74, 6) is -0.400. The number of likely N-dealkylation sites (N-methyl/N-ethyl adjacent to an activating group) is 1. The first kappa shape index (κ1) is 19.8. The van der Waals surface area contributed by atoms with Gasteiger partial charge >= 0.3 is 6.03 Å². The minimum atomic E-state index is -0.960. The lowest BCUT2D eigenvalue weighted by molar-refractivity contribution is -0.127. The number of rotatable bonds is 2. The van der Waals surface area contributed by atoms with Crippen molar-refractivity contribution in [2.45, 2.75) is 37.1 Å². The third-order valence-electron chi connectivity index (χ3n) is 6.08.